The molecule has 0 spiro atoms. The van der Waals surface area contributed by atoms with E-state index in [2.05, 4.69) is 14.1 Å². The lowest BCUT2D eigenvalue weighted by molar-refractivity contribution is 0.344. The van der Waals surface area contributed by atoms with E-state index in [1.54, 1.807) is 0 Å². The molecule has 0 aliphatic carbocycles. The predicted octanol–water partition coefficient (Wildman–Crippen LogP) is 0.425. The Morgan fingerprint density at radius 2 is 1.81 bits per heavy atom. The zero-order chi connectivity index (χ0) is 12.3. The molecule has 0 radical (unpaired) electrons. The lowest BCUT2D eigenvalue weighted by atomic mass is 10.3. The number of methoxy groups -OCH3 is 2. The maximum atomic E-state index is 13.2. The molecular formula is C8H10FNO5S. The summed E-state index contributed by atoms with van der Waals surface area (Å²) < 4.78 is 48.6. The fourth-order valence-corrected chi connectivity index (χ4v) is 1.46. The van der Waals surface area contributed by atoms with Crippen molar-refractivity contribution in [2.24, 2.45) is 5.14 Å². The molecule has 1 aromatic rings. The predicted molar refractivity (Wildman–Crippen MR) is 53.2 cm³/mol. The molecule has 0 aromatic heterocycles. The van der Waals surface area contributed by atoms with Gasteiger partial charge < -0.3 is 13.7 Å². The van der Waals surface area contributed by atoms with Crippen LogP contribution in [0.15, 0.2) is 12.1 Å². The van der Waals surface area contributed by atoms with Gasteiger partial charge in [-0.25, -0.2) is 4.39 Å². The first kappa shape index (κ1) is 12.5. The van der Waals surface area contributed by atoms with Gasteiger partial charge in [0, 0.05) is 0 Å². The molecule has 6 nitrogen and oxygen atoms in total. The van der Waals surface area contributed by atoms with E-state index in [9.17, 15) is 12.8 Å². The summed E-state index contributed by atoms with van der Waals surface area (Å²) in [6.07, 6.45) is 0. The Labute approximate surface area is 92.0 Å². The first-order chi connectivity index (χ1) is 7.39. The van der Waals surface area contributed by atoms with Gasteiger partial charge in [-0.2, -0.15) is 13.6 Å². The molecule has 0 fully saturated rings. The number of ether oxygens (including phenoxy) is 2. The first-order valence-corrected chi connectivity index (χ1v) is 5.49. The van der Waals surface area contributed by atoms with Gasteiger partial charge >= 0.3 is 10.3 Å². The highest BCUT2D eigenvalue weighted by Crippen LogP contribution is 2.39. The third-order valence-electron chi connectivity index (χ3n) is 1.65. The van der Waals surface area contributed by atoms with Crippen molar-refractivity contribution >= 4 is 10.3 Å². The molecule has 0 bridgehead atoms. The van der Waals surface area contributed by atoms with Gasteiger partial charge in [-0.15, -0.1) is 0 Å². The lowest BCUT2D eigenvalue weighted by Crippen LogP contribution is -2.20. The van der Waals surface area contributed by atoms with Gasteiger partial charge in [0.05, 0.1) is 14.2 Å². The Bertz CT molecular complexity index is 487. The molecule has 1 aromatic carbocycles. The second-order valence-electron chi connectivity index (χ2n) is 2.69. The summed E-state index contributed by atoms with van der Waals surface area (Å²) in [6.45, 7) is 0. The highest BCUT2D eigenvalue weighted by molar-refractivity contribution is 7.84. The average Bonchev–Trinajstić information content (AvgIpc) is 2.16. The van der Waals surface area contributed by atoms with Crippen LogP contribution < -0.4 is 18.8 Å². The number of benzene rings is 1. The molecule has 16 heavy (non-hydrogen) atoms. The van der Waals surface area contributed by atoms with Crippen LogP contribution in [0.3, 0.4) is 0 Å². The Morgan fingerprint density at radius 1 is 1.19 bits per heavy atom. The average molecular weight is 251 g/mol. The van der Waals surface area contributed by atoms with Crippen molar-refractivity contribution in [3.05, 3.63) is 17.9 Å². The maximum Gasteiger partial charge on any atom is 0.380 e. The van der Waals surface area contributed by atoms with Crippen LogP contribution in [0.4, 0.5) is 4.39 Å². The number of hydrogen-bond acceptors (Lipinski definition) is 5. The van der Waals surface area contributed by atoms with E-state index < -0.39 is 27.6 Å². The van der Waals surface area contributed by atoms with E-state index in [0.29, 0.717) is 0 Å². The van der Waals surface area contributed by atoms with Gasteiger partial charge in [0.15, 0.2) is 11.6 Å². The SMILES string of the molecule is COc1ccc(F)c(OC)c1OS(N)(=O)=O. The van der Waals surface area contributed by atoms with Crippen LogP contribution in [0, 0.1) is 5.82 Å². The second-order valence-corrected chi connectivity index (χ2v) is 3.84. The molecule has 2 N–H and O–H groups in total. The first-order valence-electron chi connectivity index (χ1n) is 4.01. The normalized spacial score (nSPS) is 11.0. The van der Waals surface area contributed by atoms with Crippen molar-refractivity contribution in [2.45, 2.75) is 0 Å². The molecule has 8 heteroatoms. The second kappa shape index (κ2) is 4.54. The Morgan fingerprint density at radius 3 is 2.25 bits per heavy atom. The molecule has 0 atom stereocenters. The summed E-state index contributed by atoms with van der Waals surface area (Å²) >= 11 is 0. The smallest absolute Gasteiger partial charge is 0.380 e. The van der Waals surface area contributed by atoms with Crippen LogP contribution >= 0.6 is 0 Å². The zero-order valence-corrected chi connectivity index (χ0v) is 9.38. The third-order valence-corrected chi connectivity index (χ3v) is 2.05. The molecule has 90 valence electrons. The molecule has 0 aliphatic rings. The maximum absolute atomic E-state index is 13.2. The highest BCUT2D eigenvalue weighted by atomic mass is 32.2. The molecule has 0 unspecified atom stereocenters. The van der Waals surface area contributed by atoms with E-state index >= 15 is 0 Å². The molecule has 0 aliphatic heterocycles. The fourth-order valence-electron chi connectivity index (χ4n) is 1.07. The van der Waals surface area contributed by atoms with Crippen LogP contribution in [0.2, 0.25) is 0 Å². The summed E-state index contributed by atoms with van der Waals surface area (Å²) in [7, 11) is -1.86. The summed E-state index contributed by atoms with van der Waals surface area (Å²) in [4.78, 5) is 0. The van der Waals surface area contributed by atoms with E-state index in [4.69, 9.17) is 4.74 Å². The van der Waals surface area contributed by atoms with Crippen LogP contribution in [-0.2, 0) is 10.3 Å². The van der Waals surface area contributed by atoms with Crippen LogP contribution in [0.5, 0.6) is 17.2 Å². The van der Waals surface area contributed by atoms with Crippen molar-refractivity contribution in [1.29, 1.82) is 0 Å². The molecule has 0 saturated heterocycles. The van der Waals surface area contributed by atoms with Crippen molar-refractivity contribution in [3.63, 3.8) is 0 Å². The summed E-state index contributed by atoms with van der Waals surface area (Å²) in [5.74, 6) is -1.62. The summed E-state index contributed by atoms with van der Waals surface area (Å²) in [5.41, 5.74) is 0. The van der Waals surface area contributed by atoms with Gasteiger partial charge in [0.25, 0.3) is 0 Å². The molecule has 0 saturated carbocycles. The topological polar surface area (TPSA) is 87.8 Å². The van der Waals surface area contributed by atoms with Gasteiger partial charge in [-0.05, 0) is 12.1 Å². The van der Waals surface area contributed by atoms with Crippen LogP contribution in [0.1, 0.15) is 0 Å². The van der Waals surface area contributed by atoms with E-state index in [1.807, 2.05) is 0 Å². The van der Waals surface area contributed by atoms with Crippen molar-refractivity contribution < 1.29 is 26.5 Å². The highest BCUT2D eigenvalue weighted by Gasteiger charge is 2.20. The van der Waals surface area contributed by atoms with Gasteiger partial charge in [0.1, 0.15) is 0 Å². The monoisotopic (exact) mass is 251 g/mol. The largest absolute Gasteiger partial charge is 0.493 e. The van der Waals surface area contributed by atoms with Crippen molar-refractivity contribution in [3.8, 4) is 17.2 Å². The Balaban J connectivity index is 3.36. The van der Waals surface area contributed by atoms with E-state index in [0.717, 1.165) is 13.2 Å². The van der Waals surface area contributed by atoms with Gasteiger partial charge in [0.2, 0.25) is 11.5 Å². The van der Waals surface area contributed by atoms with Gasteiger partial charge in [-0.3, -0.25) is 0 Å². The Hall–Kier alpha value is -1.54. The van der Waals surface area contributed by atoms with Crippen molar-refractivity contribution in [2.75, 3.05) is 14.2 Å². The molecule has 0 amide bonds. The number of hydrogen-bond donors (Lipinski definition) is 1. The molecule has 1 rings (SSSR count). The van der Waals surface area contributed by atoms with Gasteiger partial charge in [-0.1, -0.05) is 0 Å². The van der Waals surface area contributed by atoms with Crippen LogP contribution in [-0.4, -0.2) is 22.6 Å². The van der Waals surface area contributed by atoms with Crippen molar-refractivity contribution in [1.82, 2.24) is 0 Å². The summed E-state index contributed by atoms with van der Waals surface area (Å²) in [6, 6.07) is 2.24. The number of rotatable bonds is 4. The summed E-state index contributed by atoms with van der Waals surface area (Å²) in [5, 5.41) is 4.68. The van der Waals surface area contributed by atoms with E-state index in [1.165, 1.54) is 13.2 Å². The fraction of sp³-hybridized carbons (Fsp3) is 0.250. The molecule has 0 heterocycles. The number of nitrogens with two attached hydrogens (primary N) is 1. The Kier molecular flexibility index (Phi) is 3.55. The minimum Gasteiger partial charge on any atom is -0.493 e. The zero-order valence-electron chi connectivity index (χ0n) is 8.56. The number of halogens is 1. The minimum atomic E-state index is -4.29. The van der Waals surface area contributed by atoms with Crippen LogP contribution in [0.25, 0.3) is 0 Å². The lowest BCUT2D eigenvalue weighted by Gasteiger charge is -2.12. The third kappa shape index (κ3) is 2.74. The van der Waals surface area contributed by atoms with E-state index in [-0.39, 0.29) is 5.75 Å². The minimum absolute atomic E-state index is 0.00715. The molecular weight excluding hydrogens is 241 g/mol. The quantitative estimate of drug-likeness (QED) is 0.838. The standard InChI is InChI=1S/C8H10FNO5S/c1-13-6-4-3-5(9)7(14-2)8(6)15-16(10,11)12/h3-4H,1-2H3,(H2,10,11,12).